The molecule has 0 saturated carbocycles. The van der Waals surface area contributed by atoms with Gasteiger partial charge in [0.1, 0.15) is 16.4 Å². The molecular formula is C14H24N2O4S. The molecule has 7 heteroatoms. The van der Waals surface area contributed by atoms with Gasteiger partial charge in [0.05, 0.1) is 13.2 Å². The number of ether oxygens (including phenoxy) is 1. The number of sulfonamides is 1. The first-order valence-electron chi connectivity index (χ1n) is 7.43. The molecule has 21 heavy (non-hydrogen) atoms. The first kappa shape index (κ1) is 16.5. The lowest BCUT2D eigenvalue weighted by atomic mass is 10.4. The Morgan fingerprint density at radius 2 is 2.14 bits per heavy atom. The molecule has 1 aliphatic heterocycles. The summed E-state index contributed by atoms with van der Waals surface area (Å²) in [5, 5.41) is 3.21. The van der Waals surface area contributed by atoms with Gasteiger partial charge in [-0.25, -0.2) is 8.42 Å². The standard InChI is InChI=1S/C14H24N2O4S/c1-3-5-15-11-13-10-14(12(2)20-13)21(17,18)16-6-4-8-19-9-7-16/h10,15H,3-9,11H2,1-2H3. The summed E-state index contributed by atoms with van der Waals surface area (Å²) in [6.07, 6.45) is 1.75. The van der Waals surface area contributed by atoms with Crippen LogP contribution in [-0.4, -0.2) is 45.6 Å². The van der Waals surface area contributed by atoms with Crippen LogP contribution in [0.1, 0.15) is 31.3 Å². The van der Waals surface area contributed by atoms with Gasteiger partial charge in [-0.2, -0.15) is 4.31 Å². The third-order valence-electron chi connectivity index (χ3n) is 3.45. The second-order valence-electron chi connectivity index (χ2n) is 5.18. The Kier molecular flexibility index (Phi) is 5.80. The van der Waals surface area contributed by atoms with Gasteiger partial charge >= 0.3 is 0 Å². The Bertz CT molecular complexity index is 545. The molecule has 0 amide bonds. The summed E-state index contributed by atoms with van der Waals surface area (Å²) >= 11 is 0. The lowest BCUT2D eigenvalue weighted by Gasteiger charge is -2.18. The maximum Gasteiger partial charge on any atom is 0.246 e. The summed E-state index contributed by atoms with van der Waals surface area (Å²) in [7, 11) is -3.49. The Morgan fingerprint density at radius 1 is 1.33 bits per heavy atom. The number of nitrogens with one attached hydrogen (secondary N) is 1. The fourth-order valence-electron chi connectivity index (χ4n) is 2.36. The molecule has 0 bridgehead atoms. The van der Waals surface area contributed by atoms with E-state index in [0.717, 1.165) is 19.4 Å². The van der Waals surface area contributed by atoms with Gasteiger partial charge in [0.2, 0.25) is 10.0 Å². The van der Waals surface area contributed by atoms with Crippen LogP contribution in [0.25, 0.3) is 0 Å². The number of hydrogen-bond acceptors (Lipinski definition) is 5. The van der Waals surface area contributed by atoms with Gasteiger partial charge in [0, 0.05) is 25.8 Å². The summed E-state index contributed by atoms with van der Waals surface area (Å²) in [5.74, 6) is 1.11. The molecule has 120 valence electrons. The maximum atomic E-state index is 12.7. The highest BCUT2D eigenvalue weighted by Gasteiger charge is 2.29. The third kappa shape index (κ3) is 4.06. The highest BCUT2D eigenvalue weighted by atomic mass is 32.2. The average Bonchev–Trinajstić information content (AvgIpc) is 2.67. The lowest BCUT2D eigenvalue weighted by Crippen LogP contribution is -2.33. The minimum absolute atomic E-state index is 0.276. The van der Waals surface area contributed by atoms with Crippen LogP contribution >= 0.6 is 0 Å². The Labute approximate surface area is 126 Å². The predicted octanol–water partition coefficient (Wildman–Crippen LogP) is 1.50. The molecule has 2 rings (SSSR count). The number of furan rings is 1. The van der Waals surface area contributed by atoms with Gasteiger partial charge in [-0.05, 0) is 26.3 Å². The third-order valence-corrected chi connectivity index (χ3v) is 5.45. The normalized spacial score (nSPS) is 17.8. The van der Waals surface area contributed by atoms with E-state index >= 15 is 0 Å². The largest absolute Gasteiger partial charge is 0.464 e. The number of aryl methyl sites for hydroxylation is 1. The van der Waals surface area contributed by atoms with Crippen molar-refractivity contribution in [3.05, 3.63) is 17.6 Å². The fraction of sp³-hybridized carbons (Fsp3) is 0.714. The Balaban J connectivity index is 2.15. The van der Waals surface area contributed by atoms with Crippen LogP contribution in [-0.2, 0) is 21.3 Å². The van der Waals surface area contributed by atoms with Crippen LogP contribution in [0.5, 0.6) is 0 Å². The first-order valence-corrected chi connectivity index (χ1v) is 8.87. The SMILES string of the molecule is CCCNCc1cc(S(=O)(=O)N2CCCOCC2)c(C)o1. The van der Waals surface area contributed by atoms with Gasteiger partial charge in [0.15, 0.2) is 0 Å². The van der Waals surface area contributed by atoms with Crippen LogP contribution in [0.2, 0.25) is 0 Å². The summed E-state index contributed by atoms with van der Waals surface area (Å²) in [6.45, 7) is 7.16. The van der Waals surface area contributed by atoms with Crippen molar-refractivity contribution in [3.63, 3.8) is 0 Å². The van der Waals surface area contributed by atoms with Crippen molar-refractivity contribution in [2.24, 2.45) is 0 Å². The summed E-state index contributed by atoms with van der Waals surface area (Å²) in [4.78, 5) is 0.276. The second-order valence-corrected chi connectivity index (χ2v) is 7.09. The van der Waals surface area contributed by atoms with E-state index in [2.05, 4.69) is 12.2 Å². The van der Waals surface area contributed by atoms with Crippen LogP contribution in [0.15, 0.2) is 15.4 Å². The van der Waals surface area contributed by atoms with Crippen LogP contribution in [0, 0.1) is 6.92 Å². The molecule has 0 atom stereocenters. The van der Waals surface area contributed by atoms with Crippen molar-refractivity contribution in [2.75, 3.05) is 32.8 Å². The van der Waals surface area contributed by atoms with Gasteiger partial charge in [-0.15, -0.1) is 0 Å². The van der Waals surface area contributed by atoms with E-state index in [1.807, 2.05) is 0 Å². The van der Waals surface area contributed by atoms with E-state index < -0.39 is 10.0 Å². The van der Waals surface area contributed by atoms with Crippen molar-refractivity contribution in [1.82, 2.24) is 9.62 Å². The fourth-order valence-corrected chi connectivity index (χ4v) is 4.01. The average molecular weight is 316 g/mol. The number of nitrogens with zero attached hydrogens (tertiary/aromatic N) is 1. The highest BCUT2D eigenvalue weighted by Crippen LogP contribution is 2.24. The smallest absolute Gasteiger partial charge is 0.246 e. The van der Waals surface area contributed by atoms with Crippen molar-refractivity contribution >= 4 is 10.0 Å². The van der Waals surface area contributed by atoms with E-state index in [1.165, 1.54) is 4.31 Å². The molecule has 1 aromatic heterocycles. The predicted molar refractivity (Wildman–Crippen MR) is 79.6 cm³/mol. The molecule has 1 saturated heterocycles. The molecule has 1 aliphatic rings. The van der Waals surface area contributed by atoms with Crippen molar-refractivity contribution in [3.8, 4) is 0 Å². The second kappa shape index (κ2) is 7.40. The van der Waals surface area contributed by atoms with Crippen molar-refractivity contribution < 1.29 is 17.6 Å². The molecule has 0 spiro atoms. The lowest BCUT2D eigenvalue weighted by molar-refractivity contribution is 0.148. The van der Waals surface area contributed by atoms with Crippen LogP contribution in [0.4, 0.5) is 0 Å². The maximum absolute atomic E-state index is 12.7. The zero-order valence-corrected chi connectivity index (χ0v) is 13.5. The summed E-state index contributed by atoms with van der Waals surface area (Å²) in [6, 6.07) is 1.64. The molecule has 0 aromatic carbocycles. The molecule has 0 aliphatic carbocycles. The minimum Gasteiger partial charge on any atom is -0.464 e. The Morgan fingerprint density at radius 3 is 2.90 bits per heavy atom. The molecule has 1 aromatic rings. The molecule has 1 N–H and O–H groups in total. The zero-order chi connectivity index (χ0) is 15.3. The van der Waals surface area contributed by atoms with Crippen LogP contribution in [0.3, 0.4) is 0 Å². The van der Waals surface area contributed by atoms with Crippen molar-refractivity contribution in [2.45, 2.75) is 38.1 Å². The quantitative estimate of drug-likeness (QED) is 0.805. The summed E-state index contributed by atoms with van der Waals surface area (Å²) < 4.78 is 37.8. The van der Waals surface area contributed by atoms with Gasteiger partial charge < -0.3 is 14.5 Å². The monoisotopic (exact) mass is 316 g/mol. The van der Waals surface area contributed by atoms with Gasteiger partial charge in [-0.3, -0.25) is 0 Å². The molecular weight excluding hydrogens is 292 g/mol. The zero-order valence-electron chi connectivity index (χ0n) is 12.7. The molecule has 1 fully saturated rings. The first-order chi connectivity index (χ1) is 10.1. The molecule has 0 unspecified atom stereocenters. The molecule has 6 nitrogen and oxygen atoms in total. The number of rotatable bonds is 6. The minimum atomic E-state index is -3.49. The van der Waals surface area contributed by atoms with E-state index in [0.29, 0.717) is 44.4 Å². The van der Waals surface area contributed by atoms with Crippen molar-refractivity contribution in [1.29, 1.82) is 0 Å². The van der Waals surface area contributed by atoms with E-state index in [1.54, 1.807) is 13.0 Å². The topological polar surface area (TPSA) is 71.8 Å². The van der Waals surface area contributed by atoms with Gasteiger partial charge in [0.25, 0.3) is 0 Å². The molecule has 2 heterocycles. The highest BCUT2D eigenvalue weighted by molar-refractivity contribution is 7.89. The van der Waals surface area contributed by atoms with Gasteiger partial charge in [-0.1, -0.05) is 6.92 Å². The van der Waals surface area contributed by atoms with E-state index in [9.17, 15) is 8.42 Å². The Hall–Kier alpha value is -0.890. The molecule has 0 radical (unpaired) electrons. The number of hydrogen-bond donors (Lipinski definition) is 1. The van der Waals surface area contributed by atoms with Crippen LogP contribution < -0.4 is 5.32 Å². The van der Waals surface area contributed by atoms with E-state index in [-0.39, 0.29) is 4.90 Å². The van der Waals surface area contributed by atoms with E-state index in [4.69, 9.17) is 9.15 Å². The summed E-state index contributed by atoms with van der Waals surface area (Å²) in [5.41, 5.74) is 0.